The zero-order valence-corrected chi connectivity index (χ0v) is 21.9. The predicted octanol–water partition coefficient (Wildman–Crippen LogP) is 2.42. The SMILES string of the molecule is [B][C@@H]1O[C@H](C[C@@](C)(CC)OP([B])(=O)C(C)C(C)(C)OP(=O)(O)C(O)(CC)CC)[C@@H](O)[C@H]1O. The molecule has 32 heavy (non-hydrogen) atoms. The molecule has 0 bridgehead atoms. The summed E-state index contributed by atoms with van der Waals surface area (Å²) in [7, 11) is 3.23. The van der Waals surface area contributed by atoms with Crippen LogP contribution in [0.5, 0.6) is 0 Å². The largest absolute Gasteiger partial charge is 0.388 e. The highest BCUT2D eigenvalue weighted by atomic mass is 31.2. The average molecular weight is 494 g/mol. The molecule has 1 heterocycles. The minimum absolute atomic E-state index is 0.00979. The molecule has 4 N–H and O–H groups in total. The Morgan fingerprint density at radius 1 is 1.03 bits per heavy atom. The molecule has 1 rings (SSSR count). The van der Waals surface area contributed by atoms with Crippen LogP contribution in [0.15, 0.2) is 0 Å². The Balaban J connectivity index is 3.06. The Hall–Kier alpha value is 0.310. The molecule has 3 unspecified atom stereocenters. The molecule has 0 aromatic carbocycles. The maximum Gasteiger partial charge on any atom is 0.359 e. The maximum absolute atomic E-state index is 13.5. The second-order valence-electron chi connectivity index (χ2n) is 9.45. The summed E-state index contributed by atoms with van der Waals surface area (Å²) < 4.78 is 43.0. The summed E-state index contributed by atoms with van der Waals surface area (Å²) in [6.07, 6.45) is -2.99. The summed E-state index contributed by atoms with van der Waals surface area (Å²) in [5.74, 6) is 0. The second-order valence-corrected chi connectivity index (χ2v) is 13.7. The first kappa shape index (κ1) is 30.3. The lowest BCUT2D eigenvalue weighted by Gasteiger charge is -2.43. The summed E-state index contributed by atoms with van der Waals surface area (Å²) in [6, 6.07) is -1.05. The number of aliphatic hydroxyl groups excluding tert-OH is 2. The van der Waals surface area contributed by atoms with E-state index in [0.717, 1.165) is 0 Å². The Bertz CT molecular complexity index is 734. The van der Waals surface area contributed by atoms with E-state index < -0.39 is 61.4 Å². The summed E-state index contributed by atoms with van der Waals surface area (Å²) in [4.78, 5) is 10.5. The standard InChI is InChI=1S/C19H38B2O9P2/c1-8-18(7,11-13-14(22)15(23)16(20)28-13)30-31(21,25)12(4)17(5,6)29-32(26,27)19(24,9-2)10-3/h12-16,22-24H,8-11H2,1-7H3,(H,26,27)/t12?,13-,14-,15-,16-,18-,31?/m1/s1. The Kier molecular flexibility index (Phi) is 9.97. The van der Waals surface area contributed by atoms with E-state index >= 15 is 0 Å². The van der Waals surface area contributed by atoms with E-state index in [4.69, 9.17) is 29.2 Å². The molecular formula is C19H38B2O9P2. The first-order chi connectivity index (χ1) is 14.3. The summed E-state index contributed by atoms with van der Waals surface area (Å²) >= 11 is 0. The molecule has 1 aliphatic rings. The normalized spacial score (nSPS) is 31.5. The van der Waals surface area contributed by atoms with Crippen molar-refractivity contribution < 1.29 is 43.1 Å². The topological polar surface area (TPSA) is 143 Å². The molecule has 0 aromatic rings. The van der Waals surface area contributed by atoms with Gasteiger partial charge in [-0.05, 0) is 40.0 Å². The molecule has 0 amide bonds. The zero-order valence-electron chi connectivity index (χ0n) is 20.1. The van der Waals surface area contributed by atoms with Crippen molar-refractivity contribution in [2.75, 3.05) is 0 Å². The molecule has 0 aromatic heterocycles. The predicted molar refractivity (Wildman–Crippen MR) is 124 cm³/mol. The summed E-state index contributed by atoms with van der Waals surface area (Å²) in [6.45, 7) is 10.9. The lowest BCUT2D eigenvalue weighted by atomic mass is 9.90. The fourth-order valence-corrected chi connectivity index (χ4v) is 7.42. The van der Waals surface area contributed by atoms with Crippen LogP contribution in [0.2, 0.25) is 0 Å². The Morgan fingerprint density at radius 2 is 1.53 bits per heavy atom. The van der Waals surface area contributed by atoms with Gasteiger partial charge in [0.2, 0.25) is 7.57 Å². The van der Waals surface area contributed by atoms with Crippen molar-refractivity contribution in [2.45, 2.75) is 121 Å². The van der Waals surface area contributed by atoms with E-state index in [1.165, 1.54) is 20.8 Å². The molecule has 1 saturated heterocycles. The zero-order chi connectivity index (χ0) is 25.3. The number of hydrogen-bond acceptors (Lipinski definition) is 8. The van der Waals surface area contributed by atoms with Crippen molar-refractivity contribution >= 4 is 30.3 Å². The number of ether oxygens (including phenoxy) is 1. The smallest absolute Gasteiger partial charge is 0.359 e. The third kappa shape index (κ3) is 6.50. The van der Waals surface area contributed by atoms with Crippen LogP contribution in [-0.4, -0.2) is 82.1 Å². The Morgan fingerprint density at radius 3 is 1.91 bits per heavy atom. The van der Waals surface area contributed by atoms with E-state index in [-0.39, 0.29) is 19.3 Å². The second kappa shape index (κ2) is 10.5. The van der Waals surface area contributed by atoms with Crippen LogP contribution in [0.3, 0.4) is 0 Å². The van der Waals surface area contributed by atoms with Crippen LogP contribution >= 0.6 is 14.8 Å². The third-order valence-electron chi connectivity index (χ3n) is 6.71. The van der Waals surface area contributed by atoms with Gasteiger partial charge in [0.05, 0.1) is 29.1 Å². The number of rotatable bonds is 12. The van der Waals surface area contributed by atoms with Gasteiger partial charge < -0.3 is 34.0 Å². The maximum atomic E-state index is 13.5. The average Bonchev–Trinajstić information content (AvgIpc) is 2.91. The molecular weight excluding hydrogens is 456 g/mol. The van der Waals surface area contributed by atoms with Crippen molar-refractivity contribution in [3.05, 3.63) is 0 Å². The quantitative estimate of drug-likeness (QED) is 0.238. The van der Waals surface area contributed by atoms with Crippen LogP contribution in [0.4, 0.5) is 0 Å². The molecule has 9 nitrogen and oxygen atoms in total. The third-order valence-corrected chi connectivity index (χ3v) is 11.5. The first-order valence-corrected chi connectivity index (χ1v) is 14.3. The van der Waals surface area contributed by atoms with Gasteiger partial charge in [-0.15, -0.1) is 0 Å². The summed E-state index contributed by atoms with van der Waals surface area (Å²) in [5.41, 5.74) is -3.66. The van der Waals surface area contributed by atoms with Crippen LogP contribution in [0.25, 0.3) is 0 Å². The van der Waals surface area contributed by atoms with Gasteiger partial charge in [0.15, 0.2) is 12.6 Å². The van der Waals surface area contributed by atoms with Gasteiger partial charge in [-0.3, -0.25) is 9.09 Å². The Labute approximate surface area is 194 Å². The van der Waals surface area contributed by atoms with Gasteiger partial charge in [-0.2, -0.15) is 0 Å². The van der Waals surface area contributed by atoms with Gasteiger partial charge in [-0.25, -0.2) is 0 Å². The number of hydrogen-bond donors (Lipinski definition) is 4. The van der Waals surface area contributed by atoms with Crippen molar-refractivity contribution in [3.63, 3.8) is 0 Å². The molecule has 0 spiro atoms. The van der Waals surface area contributed by atoms with E-state index in [0.29, 0.717) is 6.42 Å². The van der Waals surface area contributed by atoms with Crippen molar-refractivity contribution in [2.24, 2.45) is 0 Å². The monoisotopic (exact) mass is 494 g/mol. The highest BCUT2D eigenvalue weighted by Gasteiger charge is 2.52. The van der Waals surface area contributed by atoms with Crippen LogP contribution in [-0.2, 0) is 22.9 Å². The van der Waals surface area contributed by atoms with Gasteiger partial charge in [0, 0.05) is 12.4 Å². The molecule has 13 heteroatoms. The van der Waals surface area contributed by atoms with E-state index in [9.17, 15) is 29.3 Å². The molecule has 184 valence electrons. The first-order valence-electron chi connectivity index (χ1n) is 10.9. The van der Waals surface area contributed by atoms with Crippen LogP contribution in [0, 0.1) is 0 Å². The van der Waals surface area contributed by atoms with Gasteiger partial charge in [-0.1, -0.05) is 27.7 Å². The van der Waals surface area contributed by atoms with Gasteiger partial charge in [0.1, 0.15) is 14.0 Å². The molecule has 1 aliphatic heterocycles. The van der Waals surface area contributed by atoms with Gasteiger partial charge >= 0.3 is 7.60 Å². The highest BCUT2D eigenvalue weighted by molar-refractivity contribution is 7.84. The molecule has 8 atom stereocenters. The van der Waals surface area contributed by atoms with E-state index in [1.807, 2.05) is 0 Å². The highest BCUT2D eigenvalue weighted by Crippen LogP contribution is 2.63. The molecule has 4 radical (unpaired) electrons. The van der Waals surface area contributed by atoms with Crippen LogP contribution < -0.4 is 0 Å². The van der Waals surface area contributed by atoms with Crippen molar-refractivity contribution in [1.82, 2.24) is 0 Å². The van der Waals surface area contributed by atoms with Gasteiger partial charge in [0.25, 0.3) is 0 Å². The van der Waals surface area contributed by atoms with E-state index in [2.05, 4.69) is 0 Å². The fraction of sp³-hybridized carbons (Fsp3) is 1.00. The molecule has 0 aliphatic carbocycles. The van der Waals surface area contributed by atoms with Crippen molar-refractivity contribution in [1.29, 1.82) is 0 Å². The number of aliphatic hydroxyl groups is 3. The molecule has 1 fully saturated rings. The minimum Gasteiger partial charge on any atom is -0.388 e. The lowest BCUT2D eigenvalue weighted by molar-refractivity contribution is -0.0334. The lowest BCUT2D eigenvalue weighted by Crippen LogP contribution is -2.43. The van der Waals surface area contributed by atoms with Crippen molar-refractivity contribution in [3.8, 4) is 0 Å². The molecule has 0 saturated carbocycles. The fourth-order valence-electron chi connectivity index (χ4n) is 3.60. The van der Waals surface area contributed by atoms with E-state index in [1.54, 1.807) is 27.7 Å². The van der Waals surface area contributed by atoms with Crippen LogP contribution in [0.1, 0.15) is 74.1 Å². The summed E-state index contributed by atoms with van der Waals surface area (Å²) in [5, 5.41) is 28.6. The minimum atomic E-state index is -4.54.